The predicted octanol–water partition coefficient (Wildman–Crippen LogP) is 2.33. The molecule has 3 N–H and O–H groups in total. The Morgan fingerprint density at radius 1 is 1.15 bits per heavy atom. The highest BCUT2D eigenvalue weighted by Crippen LogP contribution is 2.20. The van der Waals surface area contributed by atoms with Gasteiger partial charge in [0, 0.05) is 19.7 Å². The van der Waals surface area contributed by atoms with E-state index in [0.29, 0.717) is 13.1 Å². The van der Waals surface area contributed by atoms with Gasteiger partial charge in [0.15, 0.2) is 0 Å². The van der Waals surface area contributed by atoms with Crippen LogP contribution in [-0.4, -0.2) is 30.8 Å². The van der Waals surface area contributed by atoms with Gasteiger partial charge < -0.3 is 15.7 Å². The van der Waals surface area contributed by atoms with E-state index in [1.807, 2.05) is 32.0 Å². The molecule has 0 spiro atoms. The number of urea groups is 1. The summed E-state index contributed by atoms with van der Waals surface area (Å²) >= 11 is 0. The molecule has 4 heteroatoms. The summed E-state index contributed by atoms with van der Waals surface area (Å²) in [6, 6.07) is 9.96. The molecule has 0 saturated heterocycles. The Morgan fingerprint density at radius 3 is 2.45 bits per heavy atom. The smallest absolute Gasteiger partial charge is 0.314 e. The molecule has 0 bridgehead atoms. The summed E-state index contributed by atoms with van der Waals surface area (Å²) in [4.78, 5) is 11.6. The lowest BCUT2D eigenvalue weighted by atomic mass is 9.89. The Balaban J connectivity index is 2.06. The van der Waals surface area contributed by atoms with Gasteiger partial charge in [0.2, 0.25) is 0 Å². The van der Waals surface area contributed by atoms with Gasteiger partial charge in [-0.1, -0.05) is 44.2 Å². The molecule has 0 aliphatic rings. The monoisotopic (exact) mass is 278 g/mol. The number of amides is 2. The Hall–Kier alpha value is -1.55. The molecule has 1 rings (SSSR count). The van der Waals surface area contributed by atoms with Crippen LogP contribution in [0.3, 0.4) is 0 Å². The maximum Gasteiger partial charge on any atom is 0.314 e. The first-order valence-electron chi connectivity index (χ1n) is 7.20. The van der Waals surface area contributed by atoms with E-state index in [0.717, 1.165) is 19.3 Å². The summed E-state index contributed by atoms with van der Waals surface area (Å²) in [6.45, 7) is 5.49. The average molecular weight is 278 g/mol. The normalized spacial score (nSPS) is 11.2. The first-order chi connectivity index (χ1) is 9.53. The van der Waals surface area contributed by atoms with Gasteiger partial charge in [0.25, 0.3) is 0 Å². The van der Waals surface area contributed by atoms with Crippen molar-refractivity contribution >= 4 is 6.03 Å². The second kappa shape index (κ2) is 8.59. The quantitative estimate of drug-likeness (QED) is 0.639. The highest BCUT2D eigenvalue weighted by Gasteiger charge is 2.15. The zero-order valence-corrected chi connectivity index (χ0v) is 12.5. The molecule has 0 heterocycles. The number of hydrogen-bond acceptors (Lipinski definition) is 2. The van der Waals surface area contributed by atoms with Gasteiger partial charge in [0.1, 0.15) is 0 Å². The molecule has 112 valence electrons. The number of hydrogen-bond donors (Lipinski definition) is 3. The number of carbonyl (C=O) groups excluding carboxylic acids is 1. The lowest BCUT2D eigenvalue weighted by molar-refractivity contribution is 0.148. The van der Waals surface area contributed by atoms with Crippen LogP contribution in [0.15, 0.2) is 30.3 Å². The summed E-state index contributed by atoms with van der Waals surface area (Å²) < 4.78 is 0. The van der Waals surface area contributed by atoms with Crippen LogP contribution in [0.25, 0.3) is 0 Å². The number of aliphatic hydroxyl groups excluding tert-OH is 1. The van der Waals surface area contributed by atoms with Crippen LogP contribution < -0.4 is 10.6 Å². The van der Waals surface area contributed by atoms with Gasteiger partial charge >= 0.3 is 6.03 Å². The minimum absolute atomic E-state index is 0.0640. The van der Waals surface area contributed by atoms with Crippen LogP contribution in [0, 0.1) is 5.41 Å². The molecule has 1 aromatic carbocycles. The van der Waals surface area contributed by atoms with E-state index in [2.05, 4.69) is 22.8 Å². The van der Waals surface area contributed by atoms with E-state index in [9.17, 15) is 4.79 Å². The number of nitrogens with one attached hydrogen (secondary N) is 2. The van der Waals surface area contributed by atoms with E-state index in [-0.39, 0.29) is 18.1 Å². The third kappa shape index (κ3) is 7.14. The largest absolute Gasteiger partial charge is 0.396 e. The molecule has 0 atom stereocenters. The van der Waals surface area contributed by atoms with Crippen LogP contribution in [0.2, 0.25) is 0 Å². The van der Waals surface area contributed by atoms with Gasteiger partial charge in [-0.3, -0.25) is 0 Å². The van der Waals surface area contributed by atoms with Crippen molar-refractivity contribution in [1.82, 2.24) is 10.6 Å². The van der Waals surface area contributed by atoms with Crippen LogP contribution in [0.1, 0.15) is 32.3 Å². The number of carbonyl (C=O) groups is 1. The predicted molar refractivity (Wildman–Crippen MR) is 81.6 cm³/mol. The molecule has 0 radical (unpaired) electrons. The average Bonchev–Trinajstić information content (AvgIpc) is 2.45. The fourth-order valence-corrected chi connectivity index (χ4v) is 1.88. The van der Waals surface area contributed by atoms with Gasteiger partial charge in [-0.2, -0.15) is 0 Å². The summed E-state index contributed by atoms with van der Waals surface area (Å²) in [5, 5.41) is 14.8. The first kappa shape index (κ1) is 16.5. The molecule has 0 saturated carbocycles. The van der Waals surface area contributed by atoms with E-state index in [4.69, 9.17) is 5.11 Å². The van der Waals surface area contributed by atoms with Crippen LogP contribution in [-0.2, 0) is 6.42 Å². The second-order valence-corrected chi connectivity index (χ2v) is 5.84. The SMILES string of the molecule is CC(C)(CO)CCCNC(=O)NCCc1ccccc1. The molecule has 0 aliphatic heterocycles. The topological polar surface area (TPSA) is 61.4 Å². The van der Waals surface area contributed by atoms with Gasteiger partial charge in [0.05, 0.1) is 0 Å². The number of benzene rings is 1. The van der Waals surface area contributed by atoms with E-state index < -0.39 is 0 Å². The Labute approximate surface area is 121 Å². The minimum Gasteiger partial charge on any atom is -0.396 e. The molecule has 4 nitrogen and oxygen atoms in total. The summed E-state index contributed by atoms with van der Waals surface area (Å²) in [7, 11) is 0. The number of rotatable bonds is 8. The first-order valence-corrected chi connectivity index (χ1v) is 7.20. The summed E-state index contributed by atoms with van der Waals surface area (Å²) in [5.41, 5.74) is 1.16. The van der Waals surface area contributed by atoms with Crippen LogP contribution in [0.5, 0.6) is 0 Å². The lowest BCUT2D eigenvalue weighted by Gasteiger charge is -2.21. The minimum atomic E-state index is -0.122. The Kier molecular flexibility index (Phi) is 7.09. The molecule has 20 heavy (non-hydrogen) atoms. The lowest BCUT2D eigenvalue weighted by Crippen LogP contribution is -2.37. The molecule has 0 fully saturated rings. The third-order valence-electron chi connectivity index (χ3n) is 3.29. The zero-order valence-electron chi connectivity index (χ0n) is 12.5. The Bertz CT molecular complexity index is 391. The maximum atomic E-state index is 11.6. The summed E-state index contributed by atoms with van der Waals surface area (Å²) in [5.74, 6) is 0. The zero-order chi connectivity index (χ0) is 14.8. The molecule has 2 amide bonds. The Morgan fingerprint density at radius 2 is 1.80 bits per heavy atom. The highest BCUT2D eigenvalue weighted by atomic mass is 16.3. The van der Waals surface area contributed by atoms with Gasteiger partial charge in [-0.05, 0) is 30.2 Å². The fourth-order valence-electron chi connectivity index (χ4n) is 1.88. The summed E-state index contributed by atoms with van der Waals surface area (Å²) in [6.07, 6.45) is 2.61. The van der Waals surface area contributed by atoms with E-state index >= 15 is 0 Å². The van der Waals surface area contributed by atoms with Crippen molar-refractivity contribution in [2.75, 3.05) is 19.7 Å². The second-order valence-electron chi connectivity index (χ2n) is 5.84. The van der Waals surface area contributed by atoms with E-state index in [1.165, 1.54) is 5.56 Å². The van der Waals surface area contributed by atoms with Crippen molar-refractivity contribution in [3.05, 3.63) is 35.9 Å². The van der Waals surface area contributed by atoms with Crippen molar-refractivity contribution in [3.8, 4) is 0 Å². The van der Waals surface area contributed by atoms with Gasteiger partial charge in [-0.25, -0.2) is 4.79 Å². The number of aliphatic hydroxyl groups is 1. The molecule has 0 aliphatic carbocycles. The molecular formula is C16H26N2O2. The van der Waals surface area contributed by atoms with Crippen molar-refractivity contribution in [1.29, 1.82) is 0 Å². The fraction of sp³-hybridized carbons (Fsp3) is 0.562. The molecule has 1 aromatic rings. The van der Waals surface area contributed by atoms with E-state index in [1.54, 1.807) is 0 Å². The third-order valence-corrected chi connectivity index (χ3v) is 3.29. The van der Waals surface area contributed by atoms with Crippen molar-refractivity contribution in [2.45, 2.75) is 33.1 Å². The maximum absolute atomic E-state index is 11.6. The standard InChI is InChI=1S/C16H26N2O2/c1-16(2,13-19)10-6-11-17-15(20)18-12-9-14-7-4-3-5-8-14/h3-5,7-8,19H,6,9-13H2,1-2H3,(H2,17,18,20). The van der Waals surface area contributed by atoms with Crippen molar-refractivity contribution in [3.63, 3.8) is 0 Å². The highest BCUT2D eigenvalue weighted by molar-refractivity contribution is 5.73. The molecular weight excluding hydrogens is 252 g/mol. The molecule has 0 aromatic heterocycles. The van der Waals surface area contributed by atoms with Gasteiger partial charge in [-0.15, -0.1) is 0 Å². The van der Waals surface area contributed by atoms with Crippen LogP contribution >= 0.6 is 0 Å². The molecule has 0 unspecified atom stereocenters. The van der Waals surface area contributed by atoms with Crippen LogP contribution in [0.4, 0.5) is 4.79 Å². The van der Waals surface area contributed by atoms with Crippen molar-refractivity contribution < 1.29 is 9.90 Å². The van der Waals surface area contributed by atoms with Crippen molar-refractivity contribution in [2.24, 2.45) is 5.41 Å².